The van der Waals surface area contributed by atoms with E-state index in [-0.39, 0.29) is 17.6 Å². The maximum absolute atomic E-state index is 11.6. The first-order valence-electron chi connectivity index (χ1n) is 6.16. The molecule has 90 valence electrons. The normalized spacial score (nSPS) is 49.4. The zero-order chi connectivity index (χ0) is 11.5. The first kappa shape index (κ1) is 11.3. The Balaban J connectivity index is 1.91. The third kappa shape index (κ3) is 1.45. The summed E-state index contributed by atoms with van der Waals surface area (Å²) in [6.45, 7) is 1.65. The third-order valence-corrected chi connectivity index (χ3v) is 6.59. The lowest BCUT2D eigenvalue weighted by atomic mass is 9.52. The van der Waals surface area contributed by atoms with Crippen LogP contribution >= 0.6 is 22.9 Å². The molecule has 0 spiro atoms. The smallest absolute Gasteiger partial charge is 0.228 e. The minimum absolute atomic E-state index is 0.0716. The Morgan fingerprint density at radius 1 is 1.31 bits per heavy atom. The lowest BCUT2D eigenvalue weighted by molar-refractivity contribution is -0.147. The van der Waals surface area contributed by atoms with Gasteiger partial charge in [-0.25, -0.2) is 0 Å². The topological polar surface area (TPSA) is 40.5 Å². The molecule has 1 N–H and O–H groups in total. The summed E-state index contributed by atoms with van der Waals surface area (Å²) >= 11 is 2.19. The highest BCUT2D eigenvalue weighted by Crippen LogP contribution is 2.58. The van der Waals surface area contributed by atoms with Crippen molar-refractivity contribution < 1.29 is 9.90 Å². The van der Waals surface area contributed by atoms with Gasteiger partial charge in [0.15, 0.2) is 0 Å². The molecule has 16 heavy (non-hydrogen) atoms. The van der Waals surface area contributed by atoms with Gasteiger partial charge < -0.3 is 5.11 Å². The first-order chi connectivity index (χ1) is 7.52. The fourth-order valence-corrected chi connectivity index (χ4v) is 5.12. The molecule has 0 aromatic heterocycles. The van der Waals surface area contributed by atoms with Crippen LogP contribution in [0.25, 0.3) is 0 Å². The van der Waals surface area contributed by atoms with E-state index in [1.165, 1.54) is 12.8 Å². The molecular formula is C12H18INO2. The Labute approximate surface area is 110 Å². The Morgan fingerprint density at radius 2 is 1.88 bits per heavy atom. The number of carbonyl (C=O) groups excluding carboxylic acids is 1. The Morgan fingerprint density at radius 3 is 2.38 bits per heavy atom. The van der Waals surface area contributed by atoms with E-state index in [2.05, 4.69) is 22.9 Å². The zero-order valence-electron chi connectivity index (χ0n) is 9.53. The molecular weight excluding hydrogens is 317 g/mol. The molecule has 4 saturated carbocycles. The second-order valence-corrected chi connectivity index (χ2v) is 6.95. The molecule has 2 unspecified atom stereocenters. The van der Waals surface area contributed by atoms with Crippen molar-refractivity contribution in [3.63, 3.8) is 0 Å². The maximum atomic E-state index is 11.6. The number of hydrogen-bond donors (Lipinski definition) is 1. The van der Waals surface area contributed by atoms with Crippen LogP contribution in [0.1, 0.15) is 39.0 Å². The Hall–Kier alpha value is 0.160. The van der Waals surface area contributed by atoms with Gasteiger partial charge in [0, 0.05) is 6.92 Å². The number of halogens is 1. The molecule has 0 radical (unpaired) electrons. The third-order valence-electron chi connectivity index (χ3n) is 4.88. The van der Waals surface area contributed by atoms with Crippen molar-refractivity contribution in [2.75, 3.05) is 0 Å². The van der Waals surface area contributed by atoms with Gasteiger partial charge in [-0.1, -0.05) is 0 Å². The number of amides is 1. The van der Waals surface area contributed by atoms with Crippen LogP contribution in [0.5, 0.6) is 0 Å². The van der Waals surface area contributed by atoms with Crippen LogP contribution in [0.4, 0.5) is 0 Å². The van der Waals surface area contributed by atoms with Crippen molar-refractivity contribution in [2.45, 2.75) is 50.7 Å². The molecule has 4 rings (SSSR count). The van der Waals surface area contributed by atoms with E-state index >= 15 is 0 Å². The van der Waals surface area contributed by atoms with Gasteiger partial charge in [0.1, 0.15) is 0 Å². The van der Waals surface area contributed by atoms with Gasteiger partial charge in [0.25, 0.3) is 0 Å². The number of nitrogens with zero attached hydrogens (tertiary/aromatic N) is 1. The van der Waals surface area contributed by atoms with Crippen LogP contribution in [0.3, 0.4) is 0 Å². The highest BCUT2D eigenvalue weighted by molar-refractivity contribution is 14.1. The predicted molar refractivity (Wildman–Crippen MR) is 68.8 cm³/mol. The van der Waals surface area contributed by atoms with Gasteiger partial charge >= 0.3 is 0 Å². The largest absolute Gasteiger partial charge is 0.393 e. The monoisotopic (exact) mass is 335 g/mol. The van der Waals surface area contributed by atoms with Gasteiger partial charge in [-0.15, -0.1) is 0 Å². The highest BCUT2D eigenvalue weighted by atomic mass is 127. The van der Waals surface area contributed by atoms with Crippen LogP contribution in [0.15, 0.2) is 0 Å². The number of carbonyl (C=O) groups is 1. The van der Waals surface area contributed by atoms with Crippen LogP contribution in [-0.4, -0.2) is 25.8 Å². The molecule has 3 nitrogen and oxygen atoms in total. The van der Waals surface area contributed by atoms with Crippen LogP contribution in [0, 0.1) is 17.8 Å². The number of hydrogen-bond acceptors (Lipinski definition) is 2. The van der Waals surface area contributed by atoms with Crippen molar-refractivity contribution >= 4 is 28.8 Å². The fraction of sp³-hybridized carbons (Fsp3) is 0.917. The minimum Gasteiger partial charge on any atom is -0.393 e. The SMILES string of the molecule is CC(=O)N(I)C12CC3CC(C1)C(O)C(C3)C2. The Bertz CT molecular complexity index is 317. The molecule has 0 aromatic rings. The average molecular weight is 335 g/mol. The van der Waals surface area contributed by atoms with E-state index in [1.54, 1.807) is 6.92 Å². The van der Waals surface area contributed by atoms with Gasteiger partial charge in [0.2, 0.25) is 5.91 Å². The summed E-state index contributed by atoms with van der Waals surface area (Å²) in [5.74, 6) is 1.81. The molecule has 4 aliphatic rings. The zero-order valence-corrected chi connectivity index (χ0v) is 11.7. The van der Waals surface area contributed by atoms with Crippen LogP contribution in [0.2, 0.25) is 0 Å². The quantitative estimate of drug-likeness (QED) is 0.589. The molecule has 1 amide bonds. The predicted octanol–water partition coefficient (Wildman–Crippen LogP) is 2.12. The molecule has 4 bridgehead atoms. The van der Waals surface area contributed by atoms with Gasteiger partial charge in [-0.3, -0.25) is 7.91 Å². The summed E-state index contributed by atoms with van der Waals surface area (Å²) in [5.41, 5.74) is 0.0716. The summed E-state index contributed by atoms with van der Waals surface area (Å²) in [6.07, 6.45) is 5.47. The molecule has 4 heteroatoms. The lowest BCUT2D eigenvalue weighted by Gasteiger charge is -2.60. The summed E-state index contributed by atoms with van der Waals surface area (Å²) in [5, 5.41) is 10.2. The van der Waals surface area contributed by atoms with Crippen molar-refractivity contribution in [1.29, 1.82) is 0 Å². The lowest BCUT2D eigenvalue weighted by Crippen LogP contribution is -2.62. The molecule has 0 aliphatic heterocycles. The average Bonchev–Trinajstić information content (AvgIpc) is 2.23. The number of aliphatic hydroxyl groups excluding tert-OH is 1. The number of rotatable bonds is 1. The van der Waals surface area contributed by atoms with E-state index < -0.39 is 0 Å². The summed E-state index contributed by atoms with van der Waals surface area (Å²) in [7, 11) is 0. The molecule has 0 saturated heterocycles. The van der Waals surface area contributed by atoms with Crippen molar-refractivity contribution in [1.82, 2.24) is 3.11 Å². The van der Waals surface area contributed by atoms with Crippen LogP contribution in [-0.2, 0) is 4.79 Å². The summed E-state index contributed by atoms with van der Waals surface area (Å²) < 4.78 is 1.93. The van der Waals surface area contributed by atoms with E-state index in [1.807, 2.05) is 3.11 Å². The minimum atomic E-state index is -0.0959. The van der Waals surface area contributed by atoms with E-state index in [9.17, 15) is 9.90 Å². The standard InChI is InChI=1S/C12H18INO2/c1-7(15)14(13)12-4-8-2-9(5-12)11(16)10(3-8)6-12/h8-11,16H,2-6H2,1H3. The second-order valence-electron chi connectivity index (χ2n) is 5.98. The first-order valence-corrected chi connectivity index (χ1v) is 7.13. The second kappa shape index (κ2) is 3.57. The molecule has 4 fully saturated rings. The molecule has 2 atom stereocenters. The molecule has 0 heterocycles. The summed E-state index contributed by atoms with van der Waals surface area (Å²) in [4.78, 5) is 11.6. The fourth-order valence-electron chi connectivity index (χ4n) is 4.53. The number of aliphatic hydroxyl groups is 1. The van der Waals surface area contributed by atoms with Crippen LogP contribution < -0.4 is 0 Å². The molecule has 4 aliphatic carbocycles. The van der Waals surface area contributed by atoms with E-state index in [0.29, 0.717) is 11.8 Å². The molecule has 0 aromatic carbocycles. The van der Waals surface area contributed by atoms with E-state index in [4.69, 9.17) is 0 Å². The highest BCUT2D eigenvalue weighted by Gasteiger charge is 2.57. The maximum Gasteiger partial charge on any atom is 0.228 e. The van der Waals surface area contributed by atoms with E-state index in [0.717, 1.165) is 25.2 Å². The van der Waals surface area contributed by atoms with Crippen molar-refractivity contribution in [3.8, 4) is 0 Å². The van der Waals surface area contributed by atoms with Crippen molar-refractivity contribution in [3.05, 3.63) is 0 Å². The van der Waals surface area contributed by atoms with Crippen molar-refractivity contribution in [2.24, 2.45) is 17.8 Å². The van der Waals surface area contributed by atoms with Gasteiger partial charge in [-0.05, 0) is 49.9 Å². The van der Waals surface area contributed by atoms with Gasteiger partial charge in [-0.2, -0.15) is 0 Å². The Kier molecular flexibility index (Phi) is 2.52. The van der Waals surface area contributed by atoms with Gasteiger partial charge in [0.05, 0.1) is 34.5 Å². The summed E-state index contributed by atoms with van der Waals surface area (Å²) in [6, 6.07) is 0.